The van der Waals surface area contributed by atoms with Gasteiger partial charge in [0, 0.05) is 0 Å². The second-order valence-corrected chi connectivity index (χ2v) is 4.64. The maximum absolute atomic E-state index is 13.8. The fraction of sp³-hybridized carbons (Fsp3) is 0. The Balaban J connectivity index is 2.02. The molecule has 2 N–H and O–H groups in total. The van der Waals surface area contributed by atoms with E-state index in [1.807, 2.05) is 0 Å². The van der Waals surface area contributed by atoms with E-state index in [2.05, 4.69) is 10.4 Å². The Morgan fingerprint density at radius 2 is 1.62 bits per heavy atom. The number of benzene rings is 2. The first-order chi connectivity index (χ1) is 11.5. The molecular formula is C14H10F2N6O2. The maximum Gasteiger partial charge on any atom is 0.377 e. The summed E-state index contributed by atoms with van der Waals surface area (Å²) in [7, 11) is 0. The van der Waals surface area contributed by atoms with Gasteiger partial charge in [0.05, 0.1) is 5.69 Å². The number of rotatable bonds is 2. The number of nitrogens with two attached hydrogens (primary N) is 1. The van der Waals surface area contributed by atoms with E-state index in [1.165, 1.54) is 12.1 Å². The topological polar surface area (TPSA) is 99.0 Å². The molecule has 24 heavy (non-hydrogen) atoms. The highest BCUT2D eigenvalue weighted by Crippen LogP contribution is 2.14. The lowest BCUT2D eigenvalue weighted by Crippen LogP contribution is -2.45. The molecule has 8 nitrogen and oxygen atoms in total. The van der Waals surface area contributed by atoms with Crippen LogP contribution in [-0.4, -0.2) is 25.8 Å². The maximum atomic E-state index is 13.8. The van der Waals surface area contributed by atoms with E-state index >= 15 is 0 Å². The van der Waals surface area contributed by atoms with Gasteiger partial charge in [0.25, 0.3) is 0 Å². The van der Waals surface area contributed by atoms with Crippen LogP contribution in [-0.2, 0) is 0 Å². The minimum Gasteiger partial charge on any atom is -0.244 e. The third kappa shape index (κ3) is 2.54. The molecule has 3 aromatic rings. The monoisotopic (exact) mass is 332 g/mol. The van der Waals surface area contributed by atoms with E-state index in [-0.39, 0.29) is 0 Å². The second-order valence-electron chi connectivity index (χ2n) is 4.64. The van der Waals surface area contributed by atoms with Crippen LogP contribution in [0.1, 0.15) is 0 Å². The Morgan fingerprint density at radius 1 is 1.00 bits per heavy atom. The number of aromatic nitrogens is 4. The first kappa shape index (κ1) is 15.5. The molecule has 2 aromatic carbocycles. The van der Waals surface area contributed by atoms with E-state index in [4.69, 9.17) is 5.84 Å². The van der Waals surface area contributed by atoms with Crippen LogP contribution in [0.3, 0.4) is 0 Å². The standard InChI is InChI=1S/C14H10F2N6O2/c15-10-7-4-8-11(16)12(10)21-14(24)22(19-18-21)13(23)20(17)9-5-2-1-3-6-9/h1-8H,17H2. The number of anilines is 1. The lowest BCUT2D eigenvalue weighted by atomic mass is 10.3. The smallest absolute Gasteiger partial charge is 0.244 e. The molecule has 0 unspecified atom stereocenters. The SMILES string of the molecule is NN(C(=O)n1nnn(-c2c(F)cccc2F)c1=O)c1ccccc1. The van der Waals surface area contributed by atoms with Crippen molar-refractivity contribution in [3.05, 3.63) is 70.6 Å². The highest BCUT2D eigenvalue weighted by atomic mass is 19.1. The number of halogens is 2. The minimum absolute atomic E-state index is 0.293. The number of carbonyl (C=O) groups is 1. The van der Waals surface area contributed by atoms with Gasteiger partial charge in [-0.1, -0.05) is 24.3 Å². The van der Waals surface area contributed by atoms with Crippen molar-refractivity contribution >= 4 is 11.7 Å². The van der Waals surface area contributed by atoms with Crippen LogP contribution in [0.4, 0.5) is 19.3 Å². The second kappa shape index (κ2) is 6.01. The van der Waals surface area contributed by atoms with Gasteiger partial charge in [-0.2, -0.15) is 4.68 Å². The van der Waals surface area contributed by atoms with Crippen molar-refractivity contribution in [2.24, 2.45) is 5.84 Å². The number of hydrogen-bond donors (Lipinski definition) is 1. The van der Waals surface area contributed by atoms with Gasteiger partial charge in [-0.05, 0) is 34.7 Å². The summed E-state index contributed by atoms with van der Waals surface area (Å²) in [6, 6.07) is 10.0. The number of tetrazole rings is 1. The van der Waals surface area contributed by atoms with E-state index in [9.17, 15) is 18.4 Å². The number of hydrogen-bond acceptors (Lipinski definition) is 5. The molecule has 10 heteroatoms. The van der Waals surface area contributed by atoms with E-state index < -0.39 is 29.0 Å². The summed E-state index contributed by atoms with van der Waals surface area (Å²) < 4.78 is 28.2. The van der Waals surface area contributed by atoms with E-state index in [0.29, 0.717) is 20.1 Å². The van der Waals surface area contributed by atoms with Crippen molar-refractivity contribution in [1.82, 2.24) is 19.8 Å². The molecule has 0 aliphatic heterocycles. The van der Waals surface area contributed by atoms with Crippen LogP contribution < -0.4 is 16.5 Å². The van der Waals surface area contributed by atoms with Crippen LogP contribution >= 0.6 is 0 Å². The Morgan fingerprint density at radius 3 is 2.25 bits per heavy atom. The fourth-order valence-corrected chi connectivity index (χ4v) is 2.00. The molecule has 0 saturated heterocycles. The van der Waals surface area contributed by atoms with Crippen molar-refractivity contribution in [3.63, 3.8) is 0 Å². The lowest BCUT2D eigenvalue weighted by molar-refractivity contribution is 0.244. The van der Waals surface area contributed by atoms with Gasteiger partial charge in [0.15, 0.2) is 11.6 Å². The van der Waals surface area contributed by atoms with Crippen LogP contribution in [0.2, 0.25) is 0 Å². The van der Waals surface area contributed by atoms with Gasteiger partial charge in [-0.25, -0.2) is 29.2 Å². The molecule has 1 amide bonds. The molecule has 0 aliphatic rings. The summed E-state index contributed by atoms with van der Waals surface area (Å²) in [6.45, 7) is 0. The Bertz CT molecular complexity index is 933. The van der Waals surface area contributed by atoms with Gasteiger partial charge in [-0.15, -0.1) is 4.68 Å². The highest BCUT2D eigenvalue weighted by Gasteiger charge is 2.23. The summed E-state index contributed by atoms with van der Waals surface area (Å²) in [5.41, 5.74) is -1.60. The van der Waals surface area contributed by atoms with Crippen LogP contribution in [0, 0.1) is 11.6 Å². The molecule has 1 aromatic heterocycles. The molecule has 1 heterocycles. The molecular weight excluding hydrogens is 322 g/mol. The van der Waals surface area contributed by atoms with Gasteiger partial charge in [-0.3, -0.25) is 0 Å². The first-order valence-corrected chi connectivity index (χ1v) is 6.64. The van der Waals surface area contributed by atoms with Gasteiger partial charge >= 0.3 is 11.7 Å². The zero-order chi connectivity index (χ0) is 17.3. The summed E-state index contributed by atoms with van der Waals surface area (Å²) in [6.07, 6.45) is 0. The van der Waals surface area contributed by atoms with Crippen molar-refractivity contribution in [3.8, 4) is 5.69 Å². The number of hydrazine groups is 1. The van der Waals surface area contributed by atoms with Crippen LogP contribution in [0.5, 0.6) is 0 Å². The number of para-hydroxylation sites is 2. The molecule has 3 rings (SSSR count). The summed E-state index contributed by atoms with van der Waals surface area (Å²) in [4.78, 5) is 24.5. The van der Waals surface area contributed by atoms with E-state index in [1.54, 1.807) is 18.2 Å². The van der Waals surface area contributed by atoms with Gasteiger partial charge in [0.1, 0.15) is 5.69 Å². The molecule has 0 spiro atoms. The third-order valence-corrected chi connectivity index (χ3v) is 3.15. The summed E-state index contributed by atoms with van der Waals surface area (Å²) in [5.74, 6) is 3.60. The van der Waals surface area contributed by atoms with E-state index in [0.717, 1.165) is 18.2 Å². The molecule has 0 bridgehead atoms. The van der Waals surface area contributed by atoms with Crippen molar-refractivity contribution < 1.29 is 13.6 Å². The Kier molecular flexibility index (Phi) is 3.88. The number of carbonyl (C=O) groups excluding carboxylic acids is 1. The molecule has 0 saturated carbocycles. The highest BCUT2D eigenvalue weighted by molar-refractivity contribution is 5.91. The van der Waals surface area contributed by atoms with Crippen LogP contribution in [0.25, 0.3) is 5.69 Å². The molecule has 0 fully saturated rings. The summed E-state index contributed by atoms with van der Waals surface area (Å²) in [5, 5.41) is 7.34. The zero-order valence-corrected chi connectivity index (χ0v) is 12.0. The fourth-order valence-electron chi connectivity index (χ4n) is 2.00. The lowest BCUT2D eigenvalue weighted by Gasteiger charge is -2.14. The van der Waals surface area contributed by atoms with Crippen molar-refractivity contribution in [2.45, 2.75) is 0 Å². The third-order valence-electron chi connectivity index (χ3n) is 3.15. The normalized spacial score (nSPS) is 10.6. The number of amides is 1. The molecule has 0 radical (unpaired) electrons. The van der Waals surface area contributed by atoms with Crippen molar-refractivity contribution in [1.29, 1.82) is 0 Å². The minimum atomic E-state index is -1.16. The predicted molar refractivity (Wildman–Crippen MR) is 79.4 cm³/mol. The molecule has 122 valence electrons. The largest absolute Gasteiger partial charge is 0.377 e. The summed E-state index contributed by atoms with van der Waals surface area (Å²) >= 11 is 0. The average molecular weight is 332 g/mol. The first-order valence-electron chi connectivity index (χ1n) is 6.64. The molecule has 0 aliphatic carbocycles. The Hall–Kier alpha value is -3.40. The quantitative estimate of drug-likeness (QED) is 0.327. The van der Waals surface area contributed by atoms with Gasteiger partial charge < -0.3 is 0 Å². The number of nitrogens with zero attached hydrogens (tertiary/aromatic N) is 5. The molecule has 0 atom stereocenters. The van der Waals surface area contributed by atoms with Crippen LogP contribution in [0.15, 0.2) is 53.3 Å². The predicted octanol–water partition coefficient (Wildman–Crippen LogP) is 1.06. The van der Waals surface area contributed by atoms with Crippen molar-refractivity contribution in [2.75, 3.05) is 5.01 Å². The average Bonchev–Trinajstić information content (AvgIpc) is 2.96. The Labute approximate surface area is 133 Å². The zero-order valence-electron chi connectivity index (χ0n) is 12.0. The van der Waals surface area contributed by atoms with Gasteiger partial charge in [0.2, 0.25) is 0 Å².